The summed E-state index contributed by atoms with van der Waals surface area (Å²) >= 11 is 0. The number of hydrogen-bond acceptors (Lipinski definition) is 2. The smallest absolute Gasteiger partial charge is 0.0295 e. The van der Waals surface area contributed by atoms with E-state index in [1.165, 1.54) is 5.56 Å². The van der Waals surface area contributed by atoms with Gasteiger partial charge in [-0.1, -0.05) is 44.2 Å². The molecule has 0 fully saturated rings. The average molecular weight is 248 g/mol. The standard InChI is InChI=1S/C16H28N2/c1-13(2)14(3)18(4)12-8-11-16(17)15-9-6-5-7-10-15/h5-7,9-10,13-14,16H,8,11-12,17H2,1-4H3. The topological polar surface area (TPSA) is 29.3 Å². The molecule has 0 spiro atoms. The predicted molar refractivity (Wildman–Crippen MR) is 79.5 cm³/mol. The molecule has 1 aromatic carbocycles. The van der Waals surface area contributed by atoms with E-state index in [9.17, 15) is 0 Å². The molecule has 0 aromatic heterocycles. The van der Waals surface area contributed by atoms with Crippen LogP contribution >= 0.6 is 0 Å². The number of rotatable bonds is 7. The van der Waals surface area contributed by atoms with Crippen molar-refractivity contribution in [3.8, 4) is 0 Å². The van der Waals surface area contributed by atoms with Crippen LogP contribution in [0.15, 0.2) is 30.3 Å². The van der Waals surface area contributed by atoms with Crippen LogP contribution in [0.5, 0.6) is 0 Å². The summed E-state index contributed by atoms with van der Waals surface area (Å²) in [5, 5.41) is 0. The van der Waals surface area contributed by atoms with Crippen LogP contribution in [0.25, 0.3) is 0 Å². The number of hydrogen-bond donors (Lipinski definition) is 1. The quantitative estimate of drug-likeness (QED) is 0.801. The highest BCUT2D eigenvalue weighted by Gasteiger charge is 2.13. The molecule has 0 aliphatic heterocycles. The molecule has 1 rings (SSSR count). The van der Waals surface area contributed by atoms with Gasteiger partial charge in [-0.15, -0.1) is 0 Å². The van der Waals surface area contributed by atoms with Gasteiger partial charge in [0.25, 0.3) is 0 Å². The first kappa shape index (κ1) is 15.2. The van der Waals surface area contributed by atoms with E-state index in [1.807, 2.05) is 6.07 Å². The van der Waals surface area contributed by atoms with Gasteiger partial charge in [0.15, 0.2) is 0 Å². The molecule has 0 saturated heterocycles. The van der Waals surface area contributed by atoms with Crippen molar-refractivity contribution >= 4 is 0 Å². The second-order valence-electron chi connectivity index (χ2n) is 5.62. The summed E-state index contributed by atoms with van der Waals surface area (Å²) in [7, 11) is 2.21. The van der Waals surface area contributed by atoms with Gasteiger partial charge in [0.05, 0.1) is 0 Å². The second kappa shape index (κ2) is 7.55. The van der Waals surface area contributed by atoms with Crippen LogP contribution in [-0.2, 0) is 0 Å². The predicted octanol–water partition coefficient (Wildman–Crippen LogP) is 3.44. The molecule has 2 unspecified atom stereocenters. The average Bonchev–Trinajstić information content (AvgIpc) is 2.38. The lowest BCUT2D eigenvalue weighted by atomic mass is 10.0. The Morgan fingerprint density at radius 1 is 1.11 bits per heavy atom. The maximum atomic E-state index is 6.20. The third-order valence-electron chi connectivity index (χ3n) is 3.91. The third kappa shape index (κ3) is 4.79. The van der Waals surface area contributed by atoms with Gasteiger partial charge in [0, 0.05) is 12.1 Å². The van der Waals surface area contributed by atoms with Gasteiger partial charge in [-0.3, -0.25) is 0 Å². The molecule has 0 radical (unpaired) electrons. The van der Waals surface area contributed by atoms with Crippen molar-refractivity contribution in [2.45, 2.75) is 45.7 Å². The Morgan fingerprint density at radius 2 is 1.72 bits per heavy atom. The molecule has 0 amide bonds. The second-order valence-corrected chi connectivity index (χ2v) is 5.62. The van der Waals surface area contributed by atoms with Crippen LogP contribution in [0.2, 0.25) is 0 Å². The Bertz CT molecular complexity index is 321. The number of nitrogens with two attached hydrogens (primary N) is 1. The summed E-state index contributed by atoms with van der Waals surface area (Å²) in [5.41, 5.74) is 7.45. The maximum absolute atomic E-state index is 6.20. The lowest BCUT2D eigenvalue weighted by Gasteiger charge is -2.28. The number of benzene rings is 1. The summed E-state index contributed by atoms with van der Waals surface area (Å²) in [6.07, 6.45) is 2.21. The van der Waals surface area contributed by atoms with E-state index in [-0.39, 0.29) is 6.04 Å². The minimum atomic E-state index is 0.175. The first-order valence-corrected chi connectivity index (χ1v) is 7.03. The van der Waals surface area contributed by atoms with Gasteiger partial charge in [0.2, 0.25) is 0 Å². The van der Waals surface area contributed by atoms with Crippen LogP contribution < -0.4 is 5.73 Å². The Kier molecular flexibility index (Phi) is 6.37. The monoisotopic (exact) mass is 248 g/mol. The largest absolute Gasteiger partial charge is 0.324 e. The summed E-state index contributed by atoms with van der Waals surface area (Å²) in [6.45, 7) is 7.97. The van der Waals surface area contributed by atoms with Crippen LogP contribution in [-0.4, -0.2) is 24.5 Å². The molecule has 0 aliphatic carbocycles. The molecule has 0 saturated carbocycles. The van der Waals surface area contributed by atoms with E-state index in [1.54, 1.807) is 0 Å². The SMILES string of the molecule is CC(C)C(C)N(C)CCCC(N)c1ccccc1. The minimum Gasteiger partial charge on any atom is -0.324 e. The lowest BCUT2D eigenvalue weighted by molar-refractivity contribution is 0.203. The normalized spacial score (nSPS) is 15.1. The van der Waals surface area contributed by atoms with Crippen molar-refractivity contribution in [1.82, 2.24) is 4.90 Å². The molecule has 2 heteroatoms. The van der Waals surface area contributed by atoms with Gasteiger partial charge >= 0.3 is 0 Å². The Hall–Kier alpha value is -0.860. The molecule has 0 heterocycles. The van der Waals surface area contributed by atoms with E-state index in [0.29, 0.717) is 12.0 Å². The Morgan fingerprint density at radius 3 is 2.28 bits per heavy atom. The fraction of sp³-hybridized carbons (Fsp3) is 0.625. The van der Waals surface area contributed by atoms with Crippen molar-refractivity contribution in [3.63, 3.8) is 0 Å². The van der Waals surface area contributed by atoms with Gasteiger partial charge in [-0.25, -0.2) is 0 Å². The summed E-state index contributed by atoms with van der Waals surface area (Å²) in [5.74, 6) is 0.706. The molecule has 2 N–H and O–H groups in total. The zero-order valence-electron chi connectivity index (χ0n) is 12.3. The Balaban J connectivity index is 2.30. The highest BCUT2D eigenvalue weighted by Crippen LogP contribution is 2.16. The third-order valence-corrected chi connectivity index (χ3v) is 3.91. The fourth-order valence-electron chi connectivity index (χ4n) is 2.14. The molecule has 102 valence electrons. The van der Waals surface area contributed by atoms with E-state index in [4.69, 9.17) is 5.73 Å². The molecule has 0 aliphatic rings. The van der Waals surface area contributed by atoms with E-state index in [2.05, 4.69) is 57.0 Å². The summed E-state index contributed by atoms with van der Waals surface area (Å²) in [6, 6.07) is 11.2. The highest BCUT2D eigenvalue weighted by atomic mass is 15.1. The fourth-order valence-corrected chi connectivity index (χ4v) is 2.14. The van der Waals surface area contributed by atoms with Crippen molar-refractivity contribution in [1.29, 1.82) is 0 Å². The van der Waals surface area contributed by atoms with Crippen molar-refractivity contribution in [2.75, 3.05) is 13.6 Å². The highest BCUT2D eigenvalue weighted by molar-refractivity contribution is 5.18. The molecule has 2 nitrogen and oxygen atoms in total. The molecule has 2 atom stereocenters. The van der Waals surface area contributed by atoms with Gasteiger partial charge in [-0.2, -0.15) is 0 Å². The van der Waals surface area contributed by atoms with Crippen LogP contribution in [0.1, 0.15) is 45.2 Å². The van der Waals surface area contributed by atoms with Gasteiger partial charge < -0.3 is 10.6 Å². The molecular formula is C16H28N2. The number of nitrogens with zero attached hydrogens (tertiary/aromatic N) is 1. The molecule has 1 aromatic rings. The van der Waals surface area contributed by atoms with Crippen LogP contribution in [0.3, 0.4) is 0 Å². The zero-order valence-corrected chi connectivity index (χ0v) is 12.3. The minimum absolute atomic E-state index is 0.175. The summed E-state index contributed by atoms with van der Waals surface area (Å²) < 4.78 is 0. The lowest BCUT2D eigenvalue weighted by Crippen LogP contribution is -2.34. The Labute approximate surface area is 112 Å². The van der Waals surface area contributed by atoms with E-state index >= 15 is 0 Å². The van der Waals surface area contributed by atoms with Crippen LogP contribution in [0, 0.1) is 5.92 Å². The molecule has 18 heavy (non-hydrogen) atoms. The zero-order chi connectivity index (χ0) is 13.5. The summed E-state index contributed by atoms with van der Waals surface area (Å²) in [4.78, 5) is 2.43. The van der Waals surface area contributed by atoms with Crippen molar-refractivity contribution < 1.29 is 0 Å². The van der Waals surface area contributed by atoms with Crippen molar-refractivity contribution in [3.05, 3.63) is 35.9 Å². The van der Waals surface area contributed by atoms with E-state index in [0.717, 1.165) is 19.4 Å². The first-order valence-electron chi connectivity index (χ1n) is 7.03. The molecule has 0 bridgehead atoms. The van der Waals surface area contributed by atoms with Gasteiger partial charge in [0.1, 0.15) is 0 Å². The van der Waals surface area contributed by atoms with Crippen LogP contribution in [0.4, 0.5) is 0 Å². The van der Waals surface area contributed by atoms with E-state index < -0.39 is 0 Å². The maximum Gasteiger partial charge on any atom is 0.0295 e. The molecular weight excluding hydrogens is 220 g/mol. The first-order chi connectivity index (χ1) is 8.52. The van der Waals surface area contributed by atoms with Crippen molar-refractivity contribution in [2.24, 2.45) is 11.7 Å². The van der Waals surface area contributed by atoms with Gasteiger partial charge in [-0.05, 0) is 44.8 Å².